The minimum Gasteiger partial charge on any atom is -0.394 e. The minimum absolute atomic E-state index is 0.107. The number of hydrogen-bond donors (Lipinski definition) is 2. The number of nitrogens with zero attached hydrogens (tertiary/aromatic N) is 2. The van der Waals surface area contributed by atoms with Gasteiger partial charge in [0, 0.05) is 31.2 Å². The third-order valence-electron chi connectivity index (χ3n) is 4.09. The molecule has 1 saturated heterocycles. The molecular formula is C14H31N3O. The van der Waals surface area contributed by atoms with Crippen LogP contribution in [-0.4, -0.2) is 72.9 Å². The molecule has 0 aromatic heterocycles. The molecule has 2 atom stereocenters. The minimum atomic E-state index is -0.107. The summed E-state index contributed by atoms with van der Waals surface area (Å²) < 4.78 is 0. The Morgan fingerprint density at radius 3 is 2.67 bits per heavy atom. The van der Waals surface area contributed by atoms with Gasteiger partial charge in [0.15, 0.2) is 0 Å². The first-order valence-electron chi connectivity index (χ1n) is 7.29. The highest BCUT2D eigenvalue weighted by Gasteiger charge is 2.24. The molecule has 0 spiro atoms. The summed E-state index contributed by atoms with van der Waals surface area (Å²) in [6.45, 7) is 12.3. The van der Waals surface area contributed by atoms with Crippen molar-refractivity contribution < 1.29 is 5.11 Å². The number of nitrogens with one attached hydrogen (secondary N) is 1. The molecule has 0 bridgehead atoms. The van der Waals surface area contributed by atoms with Gasteiger partial charge in [-0.15, -0.1) is 0 Å². The first-order chi connectivity index (χ1) is 8.50. The van der Waals surface area contributed by atoms with E-state index in [1.54, 1.807) is 0 Å². The Kier molecular flexibility index (Phi) is 6.57. The van der Waals surface area contributed by atoms with Crippen molar-refractivity contribution in [3.05, 3.63) is 0 Å². The Morgan fingerprint density at radius 1 is 1.39 bits per heavy atom. The van der Waals surface area contributed by atoms with E-state index in [4.69, 9.17) is 0 Å². The highest BCUT2D eigenvalue weighted by atomic mass is 16.3. The quantitative estimate of drug-likeness (QED) is 0.706. The smallest absolute Gasteiger partial charge is 0.0610 e. The zero-order valence-corrected chi connectivity index (χ0v) is 12.6. The molecule has 1 aliphatic heterocycles. The van der Waals surface area contributed by atoms with Crippen LogP contribution in [0, 0.1) is 0 Å². The molecule has 108 valence electrons. The van der Waals surface area contributed by atoms with Crippen molar-refractivity contribution in [2.45, 2.75) is 45.2 Å². The van der Waals surface area contributed by atoms with E-state index in [1.807, 2.05) is 0 Å². The van der Waals surface area contributed by atoms with Crippen molar-refractivity contribution >= 4 is 0 Å². The maximum atomic E-state index is 9.46. The average Bonchev–Trinajstić information content (AvgIpc) is 2.32. The molecule has 2 unspecified atom stereocenters. The summed E-state index contributed by atoms with van der Waals surface area (Å²) in [5.74, 6) is 0. The summed E-state index contributed by atoms with van der Waals surface area (Å²) in [6, 6.07) is 0.656. The number of likely N-dealkylation sites (N-methyl/N-ethyl adjacent to an activating group) is 2. The van der Waals surface area contributed by atoms with Crippen molar-refractivity contribution in [2.75, 3.05) is 46.4 Å². The topological polar surface area (TPSA) is 38.7 Å². The molecule has 1 fully saturated rings. The van der Waals surface area contributed by atoms with Gasteiger partial charge in [0.25, 0.3) is 0 Å². The molecular weight excluding hydrogens is 226 g/mol. The van der Waals surface area contributed by atoms with Crippen LogP contribution in [0.2, 0.25) is 0 Å². The highest BCUT2D eigenvalue weighted by molar-refractivity contribution is 4.83. The van der Waals surface area contributed by atoms with Crippen LogP contribution < -0.4 is 5.32 Å². The second-order valence-electron chi connectivity index (χ2n) is 6.00. The molecule has 1 heterocycles. The monoisotopic (exact) mass is 257 g/mol. The second kappa shape index (κ2) is 7.43. The number of piperazine rings is 1. The summed E-state index contributed by atoms with van der Waals surface area (Å²) >= 11 is 0. The summed E-state index contributed by atoms with van der Waals surface area (Å²) in [7, 11) is 2.20. The largest absolute Gasteiger partial charge is 0.394 e. The van der Waals surface area contributed by atoms with Crippen LogP contribution in [0.5, 0.6) is 0 Å². The predicted molar refractivity (Wildman–Crippen MR) is 76.9 cm³/mol. The zero-order valence-electron chi connectivity index (χ0n) is 12.6. The lowest BCUT2D eigenvalue weighted by molar-refractivity contribution is 0.0921. The van der Waals surface area contributed by atoms with Gasteiger partial charge in [-0.25, -0.2) is 0 Å². The van der Waals surface area contributed by atoms with Gasteiger partial charge >= 0.3 is 0 Å². The van der Waals surface area contributed by atoms with Crippen LogP contribution in [-0.2, 0) is 0 Å². The van der Waals surface area contributed by atoms with E-state index in [-0.39, 0.29) is 12.1 Å². The maximum Gasteiger partial charge on any atom is 0.0610 e. The molecule has 0 saturated carbocycles. The third-order valence-corrected chi connectivity index (χ3v) is 4.09. The van der Waals surface area contributed by atoms with Gasteiger partial charge in [-0.1, -0.05) is 6.92 Å². The first kappa shape index (κ1) is 15.9. The SMILES string of the molecule is CCNC(C)(CO)CCCN1CCN(C)CC1C. The summed E-state index contributed by atoms with van der Waals surface area (Å²) in [5, 5.41) is 12.8. The fourth-order valence-electron chi connectivity index (χ4n) is 2.83. The molecule has 2 N–H and O–H groups in total. The van der Waals surface area contributed by atoms with E-state index in [0.29, 0.717) is 6.04 Å². The predicted octanol–water partition coefficient (Wildman–Crippen LogP) is 0.763. The fraction of sp³-hybridized carbons (Fsp3) is 1.00. The van der Waals surface area contributed by atoms with E-state index in [1.165, 1.54) is 19.6 Å². The van der Waals surface area contributed by atoms with Gasteiger partial charge in [0.1, 0.15) is 0 Å². The van der Waals surface area contributed by atoms with Crippen molar-refractivity contribution in [3.8, 4) is 0 Å². The van der Waals surface area contributed by atoms with Crippen molar-refractivity contribution in [1.29, 1.82) is 0 Å². The average molecular weight is 257 g/mol. The lowest BCUT2D eigenvalue weighted by atomic mass is 9.96. The molecule has 4 nitrogen and oxygen atoms in total. The summed E-state index contributed by atoms with van der Waals surface area (Å²) in [6.07, 6.45) is 2.19. The summed E-state index contributed by atoms with van der Waals surface area (Å²) in [5.41, 5.74) is -0.107. The number of hydrogen-bond acceptors (Lipinski definition) is 4. The van der Waals surface area contributed by atoms with Crippen molar-refractivity contribution in [1.82, 2.24) is 15.1 Å². The molecule has 0 aromatic carbocycles. The lowest BCUT2D eigenvalue weighted by Gasteiger charge is -2.39. The Labute approximate surface area is 112 Å². The molecule has 4 heteroatoms. The molecule has 0 amide bonds. The van der Waals surface area contributed by atoms with Gasteiger partial charge in [-0.05, 0) is 46.8 Å². The second-order valence-corrected chi connectivity index (χ2v) is 6.00. The van der Waals surface area contributed by atoms with Gasteiger partial charge in [0.05, 0.1) is 6.61 Å². The Morgan fingerprint density at radius 2 is 2.11 bits per heavy atom. The summed E-state index contributed by atoms with van der Waals surface area (Å²) in [4.78, 5) is 4.97. The van der Waals surface area contributed by atoms with Gasteiger partial charge in [-0.3, -0.25) is 4.90 Å². The first-order valence-corrected chi connectivity index (χ1v) is 7.29. The van der Waals surface area contributed by atoms with E-state index < -0.39 is 0 Å². The van der Waals surface area contributed by atoms with Crippen LogP contribution in [0.15, 0.2) is 0 Å². The zero-order chi connectivity index (χ0) is 13.6. The van der Waals surface area contributed by atoms with Crippen LogP contribution >= 0.6 is 0 Å². The van der Waals surface area contributed by atoms with Gasteiger partial charge in [-0.2, -0.15) is 0 Å². The molecule has 0 aromatic rings. The van der Waals surface area contributed by atoms with E-state index in [0.717, 1.165) is 25.9 Å². The van der Waals surface area contributed by atoms with E-state index in [9.17, 15) is 5.11 Å². The standard InChI is InChI=1S/C14H31N3O/c1-5-15-14(3,12-18)7-6-8-17-10-9-16(4)11-13(17)2/h13,15,18H,5-12H2,1-4H3. The Balaban J connectivity index is 2.28. The number of aliphatic hydroxyl groups excluding tert-OH is 1. The molecule has 1 aliphatic rings. The van der Waals surface area contributed by atoms with Crippen LogP contribution in [0.25, 0.3) is 0 Å². The lowest BCUT2D eigenvalue weighted by Crippen LogP contribution is -2.51. The van der Waals surface area contributed by atoms with Crippen LogP contribution in [0.1, 0.15) is 33.6 Å². The Hall–Kier alpha value is -0.160. The highest BCUT2D eigenvalue weighted by Crippen LogP contribution is 2.14. The number of rotatable bonds is 7. The maximum absolute atomic E-state index is 9.46. The van der Waals surface area contributed by atoms with Gasteiger partial charge < -0.3 is 15.3 Å². The number of aliphatic hydroxyl groups is 1. The molecule has 18 heavy (non-hydrogen) atoms. The van der Waals surface area contributed by atoms with Crippen LogP contribution in [0.3, 0.4) is 0 Å². The molecule has 0 radical (unpaired) electrons. The Bertz CT molecular complexity index is 237. The van der Waals surface area contributed by atoms with Crippen molar-refractivity contribution in [3.63, 3.8) is 0 Å². The normalized spacial score (nSPS) is 26.2. The third kappa shape index (κ3) is 4.84. The van der Waals surface area contributed by atoms with Crippen molar-refractivity contribution in [2.24, 2.45) is 0 Å². The van der Waals surface area contributed by atoms with Crippen LogP contribution in [0.4, 0.5) is 0 Å². The van der Waals surface area contributed by atoms with E-state index >= 15 is 0 Å². The van der Waals surface area contributed by atoms with Gasteiger partial charge in [0.2, 0.25) is 0 Å². The molecule has 0 aliphatic carbocycles. The van der Waals surface area contributed by atoms with E-state index in [2.05, 4.69) is 42.9 Å². The molecule has 1 rings (SSSR count). The fourth-order valence-corrected chi connectivity index (χ4v) is 2.83.